The van der Waals surface area contributed by atoms with Crippen LogP contribution in [0, 0.1) is 26.7 Å². The molecule has 0 amide bonds. The predicted octanol–water partition coefficient (Wildman–Crippen LogP) is 3.91. The summed E-state index contributed by atoms with van der Waals surface area (Å²) < 4.78 is 4.30. The molecule has 4 rings (SSSR count). The van der Waals surface area contributed by atoms with E-state index >= 15 is 0 Å². The molecule has 2 aromatic heterocycles. The number of nitrogens with zero attached hydrogens (tertiary/aromatic N) is 5. The Hall–Kier alpha value is -2.40. The van der Waals surface area contributed by atoms with Crippen molar-refractivity contribution in [3.8, 4) is 5.69 Å². The standard InChI is InChI=1S/C22H29N5/c1-17-12-18(2)21(22(13-17)27-10-5-7-24-27)16-25-9-4-6-20(14-25)15-26-11-8-23-19(26)3/h5,7-8,10-13,20H,4,6,9,14-16H2,1-3H3. The minimum Gasteiger partial charge on any atom is -0.335 e. The second-order valence-corrected chi connectivity index (χ2v) is 7.90. The molecule has 0 aliphatic carbocycles. The second kappa shape index (κ2) is 7.69. The number of likely N-dealkylation sites (tertiary alicyclic amines) is 1. The molecule has 1 fully saturated rings. The van der Waals surface area contributed by atoms with Gasteiger partial charge in [0.25, 0.3) is 0 Å². The maximum atomic E-state index is 4.48. The van der Waals surface area contributed by atoms with Crippen LogP contribution in [0.15, 0.2) is 43.0 Å². The molecule has 0 bridgehead atoms. The lowest BCUT2D eigenvalue weighted by atomic mass is 9.96. The van der Waals surface area contributed by atoms with E-state index in [1.54, 1.807) is 0 Å². The van der Waals surface area contributed by atoms with Crippen molar-refractivity contribution >= 4 is 0 Å². The van der Waals surface area contributed by atoms with Crippen molar-refractivity contribution in [2.24, 2.45) is 5.92 Å². The molecule has 3 heterocycles. The van der Waals surface area contributed by atoms with Gasteiger partial charge in [0.2, 0.25) is 0 Å². The van der Waals surface area contributed by atoms with Crippen LogP contribution in [0.4, 0.5) is 0 Å². The first-order chi connectivity index (χ1) is 13.1. The summed E-state index contributed by atoms with van der Waals surface area (Å²) in [6.45, 7) is 10.9. The van der Waals surface area contributed by atoms with Gasteiger partial charge in [-0.2, -0.15) is 5.10 Å². The van der Waals surface area contributed by atoms with Crippen LogP contribution in [0.3, 0.4) is 0 Å². The highest BCUT2D eigenvalue weighted by Crippen LogP contribution is 2.26. The fourth-order valence-electron chi connectivity index (χ4n) is 4.34. The number of imidazole rings is 1. The summed E-state index contributed by atoms with van der Waals surface area (Å²) in [6, 6.07) is 6.54. The Morgan fingerprint density at radius 3 is 2.74 bits per heavy atom. The number of rotatable bonds is 5. The van der Waals surface area contributed by atoms with E-state index in [2.05, 4.69) is 58.7 Å². The van der Waals surface area contributed by atoms with Gasteiger partial charge in [-0.05, 0) is 74.9 Å². The van der Waals surface area contributed by atoms with Crippen molar-refractivity contribution in [1.82, 2.24) is 24.2 Å². The minimum absolute atomic E-state index is 0.686. The molecule has 3 aromatic rings. The topological polar surface area (TPSA) is 38.9 Å². The highest BCUT2D eigenvalue weighted by molar-refractivity contribution is 5.48. The Morgan fingerprint density at radius 1 is 1.11 bits per heavy atom. The highest BCUT2D eigenvalue weighted by atomic mass is 15.3. The molecule has 27 heavy (non-hydrogen) atoms. The maximum Gasteiger partial charge on any atom is 0.105 e. The molecule has 0 radical (unpaired) electrons. The lowest BCUT2D eigenvalue weighted by Gasteiger charge is -2.34. The third-order valence-corrected chi connectivity index (χ3v) is 5.71. The van der Waals surface area contributed by atoms with Crippen molar-refractivity contribution in [1.29, 1.82) is 0 Å². The Bertz CT molecular complexity index is 894. The third kappa shape index (κ3) is 3.98. The summed E-state index contributed by atoms with van der Waals surface area (Å²) in [5.41, 5.74) is 5.25. The van der Waals surface area contributed by atoms with Gasteiger partial charge in [-0.25, -0.2) is 9.67 Å². The summed E-state index contributed by atoms with van der Waals surface area (Å²) in [6.07, 6.45) is 10.5. The number of hydrogen-bond acceptors (Lipinski definition) is 3. The van der Waals surface area contributed by atoms with Gasteiger partial charge in [-0.15, -0.1) is 0 Å². The minimum atomic E-state index is 0.686. The van der Waals surface area contributed by atoms with Crippen LogP contribution < -0.4 is 0 Å². The average molecular weight is 364 g/mol. The van der Waals surface area contributed by atoms with E-state index in [1.165, 1.54) is 41.8 Å². The van der Waals surface area contributed by atoms with Gasteiger partial charge in [-0.1, -0.05) is 6.07 Å². The van der Waals surface area contributed by atoms with E-state index in [-0.39, 0.29) is 0 Å². The predicted molar refractivity (Wildman–Crippen MR) is 108 cm³/mol. The van der Waals surface area contributed by atoms with Gasteiger partial charge in [0, 0.05) is 44.4 Å². The summed E-state index contributed by atoms with van der Waals surface area (Å²) in [5.74, 6) is 1.80. The molecule has 1 aliphatic heterocycles. The van der Waals surface area contributed by atoms with E-state index in [1.807, 2.05) is 29.3 Å². The van der Waals surface area contributed by atoms with Crippen molar-refractivity contribution in [2.45, 2.75) is 46.7 Å². The molecule has 1 saturated heterocycles. The molecular formula is C22H29N5. The summed E-state index contributed by atoms with van der Waals surface area (Å²) in [7, 11) is 0. The number of hydrogen-bond donors (Lipinski definition) is 0. The second-order valence-electron chi connectivity index (χ2n) is 7.90. The van der Waals surface area contributed by atoms with Crippen LogP contribution in [-0.4, -0.2) is 37.3 Å². The van der Waals surface area contributed by atoms with Gasteiger partial charge in [0.05, 0.1) is 5.69 Å². The Balaban J connectivity index is 1.53. The Morgan fingerprint density at radius 2 is 2.00 bits per heavy atom. The van der Waals surface area contributed by atoms with E-state index < -0.39 is 0 Å². The van der Waals surface area contributed by atoms with Crippen LogP contribution >= 0.6 is 0 Å². The number of aromatic nitrogens is 4. The molecule has 0 saturated carbocycles. The molecule has 0 N–H and O–H groups in total. The first-order valence-electron chi connectivity index (χ1n) is 9.90. The lowest BCUT2D eigenvalue weighted by molar-refractivity contribution is 0.155. The molecule has 1 aromatic carbocycles. The number of piperidine rings is 1. The number of aryl methyl sites for hydroxylation is 3. The van der Waals surface area contributed by atoms with E-state index in [0.29, 0.717) is 5.92 Å². The molecule has 1 aliphatic rings. The van der Waals surface area contributed by atoms with E-state index in [9.17, 15) is 0 Å². The summed E-state index contributed by atoms with van der Waals surface area (Å²) >= 11 is 0. The molecule has 5 heteroatoms. The SMILES string of the molecule is Cc1cc(C)c(CN2CCCC(Cn3ccnc3C)C2)c(-n2cccn2)c1. The molecule has 0 spiro atoms. The molecule has 5 nitrogen and oxygen atoms in total. The van der Waals surface area contributed by atoms with Crippen molar-refractivity contribution in [2.75, 3.05) is 13.1 Å². The normalized spacial score (nSPS) is 18.1. The highest BCUT2D eigenvalue weighted by Gasteiger charge is 2.22. The van der Waals surface area contributed by atoms with Gasteiger partial charge < -0.3 is 4.57 Å². The van der Waals surface area contributed by atoms with Crippen molar-refractivity contribution < 1.29 is 0 Å². The van der Waals surface area contributed by atoms with Crippen LogP contribution in [-0.2, 0) is 13.1 Å². The fourth-order valence-corrected chi connectivity index (χ4v) is 4.34. The van der Waals surface area contributed by atoms with Crippen LogP contribution in [0.5, 0.6) is 0 Å². The Kier molecular flexibility index (Phi) is 5.12. The maximum absolute atomic E-state index is 4.48. The number of benzene rings is 1. The van der Waals surface area contributed by atoms with E-state index in [0.717, 1.165) is 25.5 Å². The summed E-state index contributed by atoms with van der Waals surface area (Å²) in [5, 5.41) is 4.48. The van der Waals surface area contributed by atoms with Crippen LogP contribution in [0.25, 0.3) is 5.69 Å². The average Bonchev–Trinajstić information content (AvgIpc) is 3.30. The largest absolute Gasteiger partial charge is 0.335 e. The van der Waals surface area contributed by atoms with Gasteiger partial charge in [-0.3, -0.25) is 4.90 Å². The molecule has 1 atom stereocenters. The first-order valence-corrected chi connectivity index (χ1v) is 9.90. The monoisotopic (exact) mass is 363 g/mol. The third-order valence-electron chi connectivity index (χ3n) is 5.71. The molecular weight excluding hydrogens is 334 g/mol. The summed E-state index contributed by atoms with van der Waals surface area (Å²) in [4.78, 5) is 6.98. The zero-order chi connectivity index (χ0) is 18.8. The molecule has 1 unspecified atom stereocenters. The van der Waals surface area contributed by atoms with Crippen LogP contribution in [0.2, 0.25) is 0 Å². The quantitative estimate of drug-likeness (QED) is 0.690. The zero-order valence-electron chi connectivity index (χ0n) is 16.6. The van der Waals surface area contributed by atoms with Gasteiger partial charge in [0.1, 0.15) is 5.82 Å². The Labute approximate surface area is 161 Å². The van der Waals surface area contributed by atoms with Crippen LogP contribution in [0.1, 0.15) is 35.4 Å². The van der Waals surface area contributed by atoms with Gasteiger partial charge in [0.15, 0.2) is 0 Å². The fraction of sp³-hybridized carbons (Fsp3) is 0.455. The van der Waals surface area contributed by atoms with Crippen molar-refractivity contribution in [3.05, 3.63) is 65.5 Å². The first kappa shape index (κ1) is 18.0. The zero-order valence-corrected chi connectivity index (χ0v) is 16.6. The van der Waals surface area contributed by atoms with Crippen molar-refractivity contribution in [3.63, 3.8) is 0 Å². The lowest BCUT2D eigenvalue weighted by Crippen LogP contribution is -2.37. The molecule has 142 valence electrons. The van der Waals surface area contributed by atoms with E-state index in [4.69, 9.17) is 0 Å². The smallest absolute Gasteiger partial charge is 0.105 e. The van der Waals surface area contributed by atoms with Gasteiger partial charge >= 0.3 is 0 Å².